The average Bonchev–Trinajstić information content (AvgIpc) is 3.06. The van der Waals surface area contributed by atoms with Crippen molar-refractivity contribution in [1.82, 2.24) is 5.32 Å². The molecular weight excluding hydrogens is 422 g/mol. The Bertz CT molecular complexity index is 994. The molecule has 4 heteroatoms. The van der Waals surface area contributed by atoms with Crippen molar-refractivity contribution in [1.29, 1.82) is 0 Å². The van der Waals surface area contributed by atoms with E-state index in [-0.39, 0.29) is 35.7 Å². The number of carbonyl (C=O) groups is 2. The van der Waals surface area contributed by atoms with Crippen molar-refractivity contribution in [3.05, 3.63) is 71.8 Å². The third-order valence-corrected chi connectivity index (χ3v) is 8.28. The second-order valence-corrected chi connectivity index (χ2v) is 10.9. The third-order valence-electron chi connectivity index (χ3n) is 8.28. The molecule has 1 amide bonds. The maximum absolute atomic E-state index is 14.1. The average molecular weight is 462 g/mol. The highest BCUT2D eigenvalue weighted by atomic mass is 16.5. The molecule has 3 aliphatic rings. The van der Waals surface area contributed by atoms with Crippen LogP contribution in [0.15, 0.2) is 66.3 Å². The highest BCUT2D eigenvalue weighted by Gasteiger charge is 2.65. The highest BCUT2D eigenvalue weighted by molar-refractivity contribution is 5.89. The molecule has 1 saturated heterocycles. The van der Waals surface area contributed by atoms with Gasteiger partial charge >= 0.3 is 5.97 Å². The molecule has 1 N–H and O–H groups in total. The van der Waals surface area contributed by atoms with Gasteiger partial charge in [-0.05, 0) is 55.6 Å². The Morgan fingerprint density at radius 2 is 1.85 bits per heavy atom. The van der Waals surface area contributed by atoms with Crippen molar-refractivity contribution in [2.24, 2.45) is 35.0 Å². The lowest BCUT2D eigenvalue weighted by molar-refractivity contribution is -0.159. The van der Waals surface area contributed by atoms with Crippen molar-refractivity contribution in [3.8, 4) is 0 Å². The lowest BCUT2D eigenvalue weighted by Crippen LogP contribution is -2.55. The second kappa shape index (κ2) is 9.93. The first-order chi connectivity index (χ1) is 16.2. The van der Waals surface area contributed by atoms with Crippen molar-refractivity contribution in [2.75, 3.05) is 0 Å². The number of benzene rings is 1. The largest absolute Gasteiger partial charge is 0.457 e. The third kappa shape index (κ3) is 4.52. The van der Waals surface area contributed by atoms with Gasteiger partial charge in [-0.1, -0.05) is 81.0 Å². The van der Waals surface area contributed by atoms with Gasteiger partial charge in [0.25, 0.3) is 0 Å². The van der Waals surface area contributed by atoms with E-state index >= 15 is 0 Å². The minimum absolute atomic E-state index is 0.000436. The van der Waals surface area contributed by atoms with Crippen molar-refractivity contribution >= 4 is 11.9 Å². The van der Waals surface area contributed by atoms with E-state index in [9.17, 15) is 9.59 Å². The summed E-state index contributed by atoms with van der Waals surface area (Å²) in [6.07, 6.45) is 13.1. The molecule has 0 unspecified atom stereocenters. The molecule has 2 aliphatic carbocycles. The van der Waals surface area contributed by atoms with Gasteiger partial charge in [-0.2, -0.15) is 0 Å². The van der Waals surface area contributed by atoms with Crippen LogP contribution in [0.25, 0.3) is 0 Å². The predicted octanol–water partition coefficient (Wildman–Crippen LogP) is 5.65. The molecule has 1 heterocycles. The quantitative estimate of drug-likeness (QED) is 0.467. The molecule has 4 rings (SSSR count). The molecule has 0 saturated carbocycles. The van der Waals surface area contributed by atoms with E-state index in [1.165, 1.54) is 18.1 Å². The van der Waals surface area contributed by atoms with Crippen LogP contribution in [0.3, 0.4) is 0 Å². The van der Waals surface area contributed by atoms with Gasteiger partial charge in [0.05, 0.1) is 0 Å². The van der Waals surface area contributed by atoms with E-state index in [0.717, 1.165) is 19.3 Å². The minimum Gasteiger partial charge on any atom is -0.457 e. The summed E-state index contributed by atoms with van der Waals surface area (Å²) < 4.78 is 6.02. The summed E-state index contributed by atoms with van der Waals surface area (Å²) in [5.41, 5.74) is 1.63. The molecule has 1 spiro atoms. The summed E-state index contributed by atoms with van der Waals surface area (Å²) in [6, 6.07) is 10.3. The Hall–Kier alpha value is -2.62. The lowest BCUT2D eigenvalue weighted by Gasteiger charge is -2.48. The van der Waals surface area contributed by atoms with Crippen LogP contribution in [0.4, 0.5) is 0 Å². The fraction of sp³-hybridized carbons (Fsp3) is 0.533. The van der Waals surface area contributed by atoms with Crippen LogP contribution in [-0.2, 0) is 20.7 Å². The van der Waals surface area contributed by atoms with Crippen molar-refractivity contribution in [2.45, 2.75) is 66.0 Å². The van der Waals surface area contributed by atoms with Crippen molar-refractivity contribution < 1.29 is 14.3 Å². The smallest absolute Gasteiger partial charge is 0.303 e. The Balaban J connectivity index is 1.88. The first kappa shape index (κ1) is 24.5. The number of ether oxygens (including phenoxy) is 1. The SMILES string of the molecule is CC(=O)O[C@@H]1/C=C/[C@@H](C)C[C@@H](C)C/C=C/[C@H]2C=C(C)[C@H](C)[C@@H]3[C@@H](Cc4ccccc4)NC(=O)[C@@]321. The normalized spacial score (nSPS) is 39.5. The summed E-state index contributed by atoms with van der Waals surface area (Å²) in [7, 11) is 0. The molecule has 0 radical (unpaired) electrons. The van der Waals surface area contributed by atoms with E-state index in [2.05, 4.69) is 69.4 Å². The summed E-state index contributed by atoms with van der Waals surface area (Å²) in [5.74, 6) is 0.593. The molecule has 1 aromatic rings. The zero-order valence-corrected chi connectivity index (χ0v) is 21.2. The van der Waals surface area contributed by atoms with Gasteiger partial charge in [0.1, 0.15) is 11.5 Å². The van der Waals surface area contributed by atoms with Gasteiger partial charge in [0.2, 0.25) is 5.91 Å². The first-order valence-electron chi connectivity index (χ1n) is 12.8. The standard InChI is InChI=1S/C30H39NO3/c1-19-10-9-13-25-17-21(3)22(4)28-26(18-24-11-7-6-8-12-24)31-29(33)30(25,28)27(34-23(5)32)15-14-20(2)16-19/h6-9,11-15,17,19-20,22,25-28H,10,16,18H2,1-5H3,(H,31,33)/b13-9+,15-14+/t19-,20+,22-,25-,26+,27+,28+,30-/m0/s1. The van der Waals surface area contributed by atoms with Crippen LogP contribution < -0.4 is 5.32 Å². The number of carbonyl (C=O) groups excluding carboxylic acids is 2. The number of amides is 1. The Morgan fingerprint density at radius 3 is 2.56 bits per heavy atom. The second-order valence-electron chi connectivity index (χ2n) is 10.9. The van der Waals surface area contributed by atoms with E-state index in [1.807, 2.05) is 24.3 Å². The summed E-state index contributed by atoms with van der Waals surface area (Å²) >= 11 is 0. The van der Waals surface area contributed by atoms with Gasteiger partial charge in [-0.25, -0.2) is 0 Å². The fourth-order valence-electron chi connectivity index (χ4n) is 6.66. The Morgan fingerprint density at radius 1 is 1.12 bits per heavy atom. The number of hydrogen-bond donors (Lipinski definition) is 1. The molecule has 182 valence electrons. The number of allylic oxidation sites excluding steroid dienone is 5. The van der Waals surface area contributed by atoms with E-state index < -0.39 is 11.5 Å². The minimum atomic E-state index is -0.871. The maximum atomic E-state index is 14.1. The van der Waals surface area contributed by atoms with Gasteiger partial charge in [0, 0.05) is 24.8 Å². The molecule has 8 atom stereocenters. The summed E-state index contributed by atoms with van der Waals surface area (Å²) in [4.78, 5) is 26.4. The zero-order chi connectivity index (χ0) is 24.5. The predicted molar refractivity (Wildman–Crippen MR) is 136 cm³/mol. The first-order valence-corrected chi connectivity index (χ1v) is 12.8. The zero-order valence-electron chi connectivity index (χ0n) is 21.2. The van der Waals surface area contributed by atoms with Crippen LogP contribution in [0.1, 0.15) is 53.0 Å². The van der Waals surface area contributed by atoms with Gasteiger partial charge in [-0.3, -0.25) is 9.59 Å². The number of esters is 1. The number of rotatable bonds is 3. The fourth-order valence-corrected chi connectivity index (χ4v) is 6.66. The Labute approximate surface area is 204 Å². The summed E-state index contributed by atoms with van der Waals surface area (Å²) in [6.45, 7) is 10.3. The van der Waals surface area contributed by atoms with Crippen LogP contribution in [0.2, 0.25) is 0 Å². The molecule has 1 aliphatic heterocycles. The molecule has 34 heavy (non-hydrogen) atoms. The molecule has 1 fully saturated rings. The Kier molecular flexibility index (Phi) is 7.16. The van der Waals surface area contributed by atoms with Gasteiger partial charge < -0.3 is 10.1 Å². The maximum Gasteiger partial charge on any atom is 0.303 e. The molecule has 0 aromatic heterocycles. The summed E-state index contributed by atoms with van der Waals surface area (Å²) in [5, 5.41) is 3.38. The topological polar surface area (TPSA) is 55.4 Å². The molecular formula is C30H39NO3. The lowest BCUT2D eigenvalue weighted by atomic mass is 9.54. The van der Waals surface area contributed by atoms with Gasteiger partial charge in [0.15, 0.2) is 0 Å². The van der Waals surface area contributed by atoms with E-state index in [1.54, 1.807) is 0 Å². The van der Waals surface area contributed by atoms with Crippen LogP contribution in [-0.4, -0.2) is 24.0 Å². The van der Waals surface area contributed by atoms with Gasteiger partial charge in [-0.15, -0.1) is 0 Å². The molecule has 0 bridgehead atoms. The molecule has 1 aromatic carbocycles. The van der Waals surface area contributed by atoms with E-state index in [4.69, 9.17) is 4.74 Å². The number of nitrogens with one attached hydrogen (secondary N) is 1. The van der Waals surface area contributed by atoms with Crippen LogP contribution in [0.5, 0.6) is 0 Å². The monoisotopic (exact) mass is 461 g/mol. The molecule has 4 nitrogen and oxygen atoms in total. The van der Waals surface area contributed by atoms with Crippen LogP contribution in [0, 0.1) is 35.0 Å². The number of hydrogen-bond acceptors (Lipinski definition) is 3. The van der Waals surface area contributed by atoms with E-state index in [0.29, 0.717) is 11.8 Å². The van der Waals surface area contributed by atoms with Crippen molar-refractivity contribution in [3.63, 3.8) is 0 Å². The van der Waals surface area contributed by atoms with Crippen LogP contribution >= 0.6 is 0 Å². The highest BCUT2D eigenvalue weighted by Crippen LogP contribution is 2.56.